The van der Waals surface area contributed by atoms with Gasteiger partial charge in [-0.2, -0.15) is 5.10 Å². The SMILES string of the molecule is COc1cc(/C=N/NC(=O)CSc2nnc(-c3ccc(Cl)cc3)n2-c2ccccc2)ccc1OCc1ccccc1. The highest BCUT2D eigenvalue weighted by Crippen LogP contribution is 2.29. The summed E-state index contributed by atoms with van der Waals surface area (Å²) in [6, 6.07) is 32.5. The standard InChI is InChI=1S/C31H26ClN5O3S/c1-39-28-18-23(12-17-27(28)40-20-22-8-4-2-5-9-22)19-33-34-29(38)21-41-31-36-35-30(24-13-15-25(32)16-14-24)37(31)26-10-6-3-7-11-26/h2-19H,20-21H2,1H3,(H,34,38)/b33-19+. The van der Waals surface area contributed by atoms with E-state index in [0.29, 0.717) is 34.1 Å². The third kappa shape index (κ3) is 7.33. The van der Waals surface area contributed by atoms with Crippen LogP contribution in [0.3, 0.4) is 0 Å². The van der Waals surface area contributed by atoms with Crippen LogP contribution < -0.4 is 14.9 Å². The maximum atomic E-state index is 12.6. The highest BCUT2D eigenvalue weighted by molar-refractivity contribution is 7.99. The minimum Gasteiger partial charge on any atom is -0.493 e. The number of hydrogen-bond acceptors (Lipinski definition) is 7. The Morgan fingerprint density at radius 1 is 0.951 bits per heavy atom. The van der Waals surface area contributed by atoms with E-state index in [1.165, 1.54) is 11.8 Å². The number of nitrogens with zero attached hydrogens (tertiary/aromatic N) is 4. The lowest BCUT2D eigenvalue weighted by Crippen LogP contribution is -2.20. The van der Waals surface area contributed by atoms with Crippen molar-refractivity contribution in [2.75, 3.05) is 12.9 Å². The molecule has 41 heavy (non-hydrogen) atoms. The molecule has 0 spiro atoms. The van der Waals surface area contributed by atoms with E-state index >= 15 is 0 Å². The molecule has 0 aliphatic heterocycles. The predicted molar refractivity (Wildman–Crippen MR) is 162 cm³/mol. The largest absolute Gasteiger partial charge is 0.493 e. The fourth-order valence-corrected chi connectivity index (χ4v) is 4.79. The monoisotopic (exact) mass is 583 g/mol. The van der Waals surface area contributed by atoms with Crippen LogP contribution in [0.1, 0.15) is 11.1 Å². The third-order valence-electron chi connectivity index (χ3n) is 5.91. The Morgan fingerprint density at radius 2 is 1.68 bits per heavy atom. The quantitative estimate of drug-likeness (QED) is 0.110. The molecule has 1 heterocycles. The second kappa shape index (κ2) is 13.6. The number of para-hydroxylation sites is 1. The molecule has 4 aromatic carbocycles. The molecule has 10 heteroatoms. The van der Waals surface area contributed by atoms with Crippen LogP contribution in [-0.4, -0.2) is 39.7 Å². The Bertz CT molecular complexity index is 1630. The number of aromatic nitrogens is 3. The van der Waals surface area contributed by atoms with Gasteiger partial charge in [-0.15, -0.1) is 10.2 Å². The van der Waals surface area contributed by atoms with Gasteiger partial charge in [-0.1, -0.05) is 71.9 Å². The summed E-state index contributed by atoms with van der Waals surface area (Å²) < 4.78 is 13.3. The summed E-state index contributed by atoms with van der Waals surface area (Å²) in [7, 11) is 1.58. The van der Waals surface area contributed by atoms with Gasteiger partial charge < -0.3 is 9.47 Å². The number of nitrogens with one attached hydrogen (secondary N) is 1. The Hall–Kier alpha value is -4.60. The molecule has 8 nitrogen and oxygen atoms in total. The minimum atomic E-state index is -0.281. The van der Waals surface area contributed by atoms with Crippen LogP contribution in [-0.2, 0) is 11.4 Å². The van der Waals surface area contributed by atoms with Crippen molar-refractivity contribution in [2.45, 2.75) is 11.8 Å². The average Bonchev–Trinajstić information content (AvgIpc) is 3.44. The number of halogens is 1. The highest BCUT2D eigenvalue weighted by atomic mass is 35.5. The molecule has 0 saturated carbocycles. The molecule has 1 amide bonds. The van der Waals surface area contributed by atoms with E-state index in [9.17, 15) is 4.79 Å². The summed E-state index contributed by atoms with van der Waals surface area (Å²) in [5.41, 5.74) is 6.12. The first-order valence-electron chi connectivity index (χ1n) is 12.7. The molecule has 0 saturated heterocycles. The van der Waals surface area contributed by atoms with E-state index in [0.717, 1.165) is 22.4 Å². The topological polar surface area (TPSA) is 90.6 Å². The second-order valence-corrected chi connectivity index (χ2v) is 10.1. The van der Waals surface area contributed by atoms with Gasteiger partial charge in [-0.05, 0) is 65.7 Å². The molecule has 5 aromatic rings. The number of carbonyl (C=O) groups is 1. The molecule has 0 radical (unpaired) electrons. The number of ether oxygens (including phenoxy) is 2. The molecule has 5 rings (SSSR count). The van der Waals surface area contributed by atoms with E-state index < -0.39 is 0 Å². The predicted octanol–water partition coefficient (Wildman–Crippen LogP) is 6.42. The minimum absolute atomic E-state index is 0.0957. The summed E-state index contributed by atoms with van der Waals surface area (Å²) in [5.74, 6) is 1.66. The van der Waals surface area contributed by atoms with Gasteiger partial charge in [0.25, 0.3) is 5.91 Å². The lowest BCUT2D eigenvalue weighted by Gasteiger charge is -2.11. The lowest BCUT2D eigenvalue weighted by atomic mass is 10.2. The zero-order chi connectivity index (χ0) is 28.4. The van der Waals surface area contributed by atoms with Crippen LogP contribution in [0.25, 0.3) is 17.1 Å². The number of amides is 1. The number of rotatable bonds is 11. The van der Waals surface area contributed by atoms with E-state index in [1.54, 1.807) is 31.5 Å². The highest BCUT2D eigenvalue weighted by Gasteiger charge is 2.17. The Balaban J connectivity index is 1.21. The Labute approximate surface area is 247 Å². The number of benzene rings is 4. The second-order valence-electron chi connectivity index (χ2n) is 8.75. The number of methoxy groups -OCH3 is 1. The van der Waals surface area contributed by atoms with Crippen molar-refractivity contribution >= 4 is 35.5 Å². The first-order valence-corrected chi connectivity index (χ1v) is 14.0. The first kappa shape index (κ1) is 27.9. The summed E-state index contributed by atoms with van der Waals surface area (Å²) >= 11 is 7.34. The van der Waals surface area contributed by atoms with Crippen molar-refractivity contribution in [1.29, 1.82) is 0 Å². The molecule has 0 aliphatic rings. The smallest absolute Gasteiger partial charge is 0.250 e. The van der Waals surface area contributed by atoms with E-state index in [4.69, 9.17) is 21.1 Å². The van der Waals surface area contributed by atoms with Crippen molar-refractivity contribution in [3.8, 4) is 28.6 Å². The van der Waals surface area contributed by atoms with Crippen LogP contribution in [0, 0.1) is 0 Å². The number of hydrogen-bond donors (Lipinski definition) is 1. The van der Waals surface area contributed by atoms with Crippen molar-refractivity contribution in [1.82, 2.24) is 20.2 Å². The molecular weight excluding hydrogens is 558 g/mol. The van der Waals surface area contributed by atoms with Crippen molar-refractivity contribution in [3.63, 3.8) is 0 Å². The Morgan fingerprint density at radius 3 is 2.41 bits per heavy atom. The summed E-state index contributed by atoms with van der Waals surface area (Å²) in [5, 5.41) is 14.1. The van der Waals surface area contributed by atoms with Crippen molar-refractivity contribution in [3.05, 3.63) is 119 Å². The van der Waals surface area contributed by atoms with Gasteiger partial charge in [-0.25, -0.2) is 5.43 Å². The first-order chi connectivity index (χ1) is 20.1. The van der Waals surface area contributed by atoms with E-state index in [-0.39, 0.29) is 11.7 Å². The molecule has 0 unspecified atom stereocenters. The number of hydrazone groups is 1. The number of thioether (sulfide) groups is 1. The van der Waals surface area contributed by atoms with Gasteiger partial charge in [0, 0.05) is 16.3 Å². The third-order valence-corrected chi connectivity index (χ3v) is 7.09. The maximum Gasteiger partial charge on any atom is 0.250 e. The van der Waals surface area contributed by atoms with E-state index in [1.807, 2.05) is 89.5 Å². The van der Waals surface area contributed by atoms with Crippen LogP contribution in [0.15, 0.2) is 113 Å². The van der Waals surface area contributed by atoms with Crippen molar-refractivity contribution in [2.24, 2.45) is 5.10 Å². The zero-order valence-electron chi connectivity index (χ0n) is 22.1. The summed E-state index contributed by atoms with van der Waals surface area (Å²) in [4.78, 5) is 12.6. The normalized spacial score (nSPS) is 11.0. The maximum absolute atomic E-state index is 12.6. The van der Waals surface area contributed by atoms with Gasteiger partial charge >= 0.3 is 0 Å². The molecule has 1 N–H and O–H groups in total. The van der Waals surface area contributed by atoms with Crippen LogP contribution in [0.4, 0.5) is 0 Å². The van der Waals surface area contributed by atoms with Gasteiger partial charge in [0.2, 0.25) is 0 Å². The summed E-state index contributed by atoms with van der Waals surface area (Å²) in [6.45, 7) is 0.428. The zero-order valence-corrected chi connectivity index (χ0v) is 23.7. The van der Waals surface area contributed by atoms with Gasteiger partial charge in [0.1, 0.15) is 6.61 Å². The van der Waals surface area contributed by atoms with Crippen LogP contribution in [0.5, 0.6) is 11.5 Å². The Kier molecular flexibility index (Phi) is 9.30. The molecule has 0 bridgehead atoms. The lowest BCUT2D eigenvalue weighted by molar-refractivity contribution is -0.118. The fraction of sp³-hybridized carbons (Fsp3) is 0.0968. The van der Waals surface area contributed by atoms with Gasteiger partial charge in [-0.3, -0.25) is 9.36 Å². The van der Waals surface area contributed by atoms with Crippen LogP contribution >= 0.6 is 23.4 Å². The molecule has 0 aliphatic carbocycles. The van der Waals surface area contributed by atoms with Gasteiger partial charge in [0.05, 0.1) is 19.1 Å². The van der Waals surface area contributed by atoms with Crippen LogP contribution in [0.2, 0.25) is 5.02 Å². The fourth-order valence-electron chi connectivity index (χ4n) is 3.92. The number of carbonyl (C=O) groups excluding carboxylic acids is 1. The average molecular weight is 584 g/mol. The molecule has 0 fully saturated rings. The van der Waals surface area contributed by atoms with E-state index in [2.05, 4.69) is 20.7 Å². The van der Waals surface area contributed by atoms with Crippen molar-refractivity contribution < 1.29 is 14.3 Å². The molecule has 1 aromatic heterocycles. The molecular formula is C31H26ClN5O3S. The summed E-state index contributed by atoms with van der Waals surface area (Å²) in [6.07, 6.45) is 1.55. The molecule has 0 atom stereocenters. The molecule has 206 valence electrons. The van der Waals surface area contributed by atoms with Gasteiger partial charge in [0.15, 0.2) is 22.5 Å².